The molecule has 0 aromatic carbocycles. The molecule has 8 heteroatoms. The Morgan fingerprint density at radius 1 is 1.41 bits per heavy atom. The highest BCUT2D eigenvalue weighted by Gasteiger charge is 2.36. The van der Waals surface area contributed by atoms with Crippen molar-refractivity contribution < 1.29 is 13.2 Å². The molecular weight excluding hydrogens is 295 g/mol. The van der Waals surface area contributed by atoms with Crippen LogP contribution in [-0.4, -0.2) is 28.3 Å². The Balaban J connectivity index is 2.09. The van der Waals surface area contributed by atoms with E-state index in [2.05, 4.69) is 32.9 Å². The van der Waals surface area contributed by atoms with E-state index in [-0.39, 0.29) is 18.2 Å². The minimum absolute atomic E-state index is 0.0664. The molecule has 0 spiro atoms. The van der Waals surface area contributed by atoms with Gasteiger partial charge in [0.25, 0.3) is 0 Å². The van der Waals surface area contributed by atoms with E-state index in [9.17, 15) is 13.2 Å². The lowest BCUT2D eigenvalue weighted by molar-refractivity contribution is -0.142. The smallest absolute Gasteiger partial charge is 0.357 e. The van der Waals surface area contributed by atoms with Gasteiger partial charge in [0.1, 0.15) is 0 Å². The first-order valence-corrected chi connectivity index (χ1v) is 7.19. The zero-order valence-electron chi connectivity index (χ0n) is 12.6. The molecular formula is C14H20F3N5. The van der Waals surface area contributed by atoms with Crippen LogP contribution in [0.1, 0.15) is 31.0 Å². The lowest BCUT2D eigenvalue weighted by Gasteiger charge is -2.16. The fourth-order valence-electron chi connectivity index (χ4n) is 2.30. The van der Waals surface area contributed by atoms with Crippen LogP contribution in [-0.2, 0) is 19.8 Å². The SMILES string of the molecule is CCNC(=NCc1cn(C)nc1C(F)(F)F)NC1CC=CC1. The molecule has 0 radical (unpaired) electrons. The largest absolute Gasteiger partial charge is 0.435 e. The molecule has 0 aliphatic heterocycles. The molecule has 22 heavy (non-hydrogen) atoms. The average molecular weight is 315 g/mol. The molecule has 0 atom stereocenters. The molecule has 122 valence electrons. The molecule has 0 fully saturated rings. The Bertz CT molecular complexity index is 551. The Morgan fingerprint density at radius 3 is 2.68 bits per heavy atom. The maximum Gasteiger partial charge on any atom is 0.435 e. The molecule has 0 saturated carbocycles. The number of hydrogen-bond donors (Lipinski definition) is 2. The molecule has 1 aliphatic carbocycles. The van der Waals surface area contributed by atoms with Crippen LogP contribution < -0.4 is 10.6 Å². The minimum Gasteiger partial charge on any atom is -0.357 e. The van der Waals surface area contributed by atoms with Crippen molar-refractivity contribution in [3.05, 3.63) is 29.6 Å². The van der Waals surface area contributed by atoms with E-state index in [1.807, 2.05) is 6.92 Å². The molecule has 1 aromatic heterocycles. The van der Waals surface area contributed by atoms with Gasteiger partial charge in [-0.2, -0.15) is 18.3 Å². The number of nitrogens with zero attached hydrogens (tertiary/aromatic N) is 3. The third-order valence-corrected chi connectivity index (χ3v) is 3.27. The average Bonchev–Trinajstić information content (AvgIpc) is 3.05. The number of aromatic nitrogens is 2. The number of rotatable bonds is 4. The van der Waals surface area contributed by atoms with Gasteiger partial charge in [-0.05, 0) is 19.8 Å². The molecule has 1 aliphatic rings. The monoisotopic (exact) mass is 315 g/mol. The number of alkyl halides is 3. The van der Waals surface area contributed by atoms with Gasteiger partial charge in [-0.15, -0.1) is 0 Å². The van der Waals surface area contributed by atoms with Crippen molar-refractivity contribution in [2.45, 2.75) is 38.5 Å². The van der Waals surface area contributed by atoms with Gasteiger partial charge in [-0.1, -0.05) is 12.2 Å². The first kappa shape index (κ1) is 16.4. The Morgan fingerprint density at radius 2 is 2.09 bits per heavy atom. The van der Waals surface area contributed by atoms with Crippen molar-refractivity contribution in [2.75, 3.05) is 6.54 Å². The van der Waals surface area contributed by atoms with E-state index < -0.39 is 11.9 Å². The maximum atomic E-state index is 12.9. The second-order valence-electron chi connectivity index (χ2n) is 5.15. The van der Waals surface area contributed by atoms with Crippen molar-refractivity contribution in [1.82, 2.24) is 20.4 Å². The molecule has 0 bridgehead atoms. The Labute approximate surface area is 127 Å². The zero-order valence-corrected chi connectivity index (χ0v) is 12.6. The molecule has 5 nitrogen and oxygen atoms in total. The Kier molecular flexibility index (Phi) is 5.10. The van der Waals surface area contributed by atoms with Crippen LogP contribution in [0.25, 0.3) is 0 Å². The number of aliphatic imine (C=N–C) groups is 1. The summed E-state index contributed by atoms with van der Waals surface area (Å²) in [6.45, 7) is 2.48. The Hall–Kier alpha value is -1.99. The van der Waals surface area contributed by atoms with Gasteiger partial charge in [0, 0.05) is 31.4 Å². The normalized spacial score (nSPS) is 16.3. The van der Waals surface area contributed by atoms with Crippen molar-refractivity contribution in [1.29, 1.82) is 0 Å². The van der Waals surface area contributed by atoms with E-state index in [0.29, 0.717) is 12.5 Å². The number of aryl methyl sites for hydroxylation is 1. The summed E-state index contributed by atoms with van der Waals surface area (Å²) in [6, 6.07) is 0.244. The lowest BCUT2D eigenvalue weighted by atomic mass is 10.2. The van der Waals surface area contributed by atoms with Crippen molar-refractivity contribution in [3.63, 3.8) is 0 Å². The van der Waals surface area contributed by atoms with E-state index in [4.69, 9.17) is 0 Å². The number of guanidine groups is 1. The van der Waals surface area contributed by atoms with Crippen LogP contribution >= 0.6 is 0 Å². The molecule has 1 heterocycles. The van der Waals surface area contributed by atoms with Crippen molar-refractivity contribution in [2.24, 2.45) is 12.0 Å². The van der Waals surface area contributed by atoms with Gasteiger partial charge in [-0.25, -0.2) is 4.99 Å². The fraction of sp³-hybridized carbons (Fsp3) is 0.571. The third kappa shape index (κ3) is 4.25. The standard InChI is InChI=1S/C14H20F3N5/c1-3-18-13(20-11-6-4-5-7-11)19-8-10-9-22(2)21-12(10)14(15,16)17/h4-5,9,11H,3,6-8H2,1-2H3,(H2,18,19,20). The van der Waals surface area contributed by atoms with Gasteiger partial charge in [0.05, 0.1) is 6.54 Å². The molecule has 0 unspecified atom stereocenters. The minimum atomic E-state index is -4.47. The number of halogens is 3. The number of nitrogens with one attached hydrogen (secondary N) is 2. The summed E-state index contributed by atoms with van der Waals surface area (Å²) in [7, 11) is 1.47. The van der Waals surface area contributed by atoms with E-state index in [1.165, 1.54) is 13.2 Å². The van der Waals surface area contributed by atoms with E-state index in [1.54, 1.807) is 0 Å². The summed E-state index contributed by atoms with van der Waals surface area (Å²) >= 11 is 0. The summed E-state index contributed by atoms with van der Waals surface area (Å²) in [5.41, 5.74) is -0.811. The van der Waals surface area contributed by atoms with Crippen LogP contribution in [0.15, 0.2) is 23.3 Å². The van der Waals surface area contributed by atoms with Gasteiger partial charge in [0.15, 0.2) is 11.7 Å². The summed E-state index contributed by atoms with van der Waals surface area (Å²) in [4.78, 5) is 4.25. The predicted molar refractivity (Wildman–Crippen MR) is 78.3 cm³/mol. The summed E-state index contributed by atoms with van der Waals surface area (Å²) in [5, 5.41) is 9.75. The lowest BCUT2D eigenvalue weighted by Crippen LogP contribution is -2.42. The second kappa shape index (κ2) is 6.85. The van der Waals surface area contributed by atoms with Crippen LogP contribution in [0.4, 0.5) is 13.2 Å². The van der Waals surface area contributed by atoms with Gasteiger partial charge >= 0.3 is 6.18 Å². The third-order valence-electron chi connectivity index (χ3n) is 3.27. The van der Waals surface area contributed by atoms with E-state index in [0.717, 1.165) is 17.5 Å². The van der Waals surface area contributed by atoms with Crippen LogP contribution in [0.5, 0.6) is 0 Å². The molecule has 2 rings (SSSR count). The molecule has 2 N–H and O–H groups in total. The van der Waals surface area contributed by atoms with Gasteiger partial charge in [-0.3, -0.25) is 4.68 Å². The predicted octanol–water partition coefficient (Wildman–Crippen LogP) is 2.21. The highest BCUT2D eigenvalue weighted by Crippen LogP contribution is 2.30. The van der Waals surface area contributed by atoms with Crippen molar-refractivity contribution >= 4 is 5.96 Å². The number of hydrogen-bond acceptors (Lipinski definition) is 2. The highest BCUT2D eigenvalue weighted by atomic mass is 19.4. The van der Waals surface area contributed by atoms with Crippen LogP contribution in [0.2, 0.25) is 0 Å². The second-order valence-corrected chi connectivity index (χ2v) is 5.15. The topological polar surface area (TPSA) is 54.2 Å². The molecule has 0 amide bonds. The fourth-order valence-corrected chi connectivity index (χ4v) is 2.30. The van der Waals surface area contributed by atoms with Gasteiger partial charge < -0.3 is 10.6 Å². The first-order valence-electron chi connectivity index (χ1n) is 7.19. The molecule has 1 aromatic rings. The zero-order chi connectivity index (χ0) is 16.2. The van der Waals surface area contributed by atoms with E-state index >= 15 is 0 Å². The van der Waals surface area contributed by atoms with Crippen LogP contribution in [0, 0.1) is 0 Å². The summed E-state index contributed by atoms with van der Waals surface area (Å²) in [6.07, 6.45) is 2.82. The quantitative estimate of drug-likeness (QED) is 0.509. The van der Waals surface area contributed by atoms with Crippen LogP contribution in [0.3, 0.4) is 0 Å². The van der Waals surface area contributed by atoms with Gasteiger partial charge in [0.2, 0.25) is 0 Å². The summed E-state index contributed by atoms with van der Waals surface area (Å²) < 4.78 is 39.9. The summed E-state index contributed by atoms with van der Waals surface area (Å²) in [5.74, 6) is 0.521. The van der Waals surface area contributed by atoms with Crippen molar-refractivity contribution in [3.8, 4) is 0 Å². The highest BCUT2D eigenvalue weighted by molar-refractivity contribution is 5.80. The maximum absolute atomic E-state index is 12.9. The first-order chi connectivity index (χ1) is 10.4. The molecule has 0 saturated heterocycles.